The number of thiol groups is 1. The van der Waals surface area contributed by atoms with Crippen LogP contribution in [0.4, 0.5) is 5.69 Å². The molecular formula is C17H26N2S. The largest absolute Gasteiger partial charge is 0.371 e. The first-order chi connectivity index (χ1) is 9.74. The lowest BCUT2D eigenvalue weighted by molar-refractivity contribution is 0.0740. The van der Waals surface area contributed by atoms with Crippen LogP contribution in [-0.4, -0.2) is 37.6 Å². The van der Waals surface area contributed by atoms with Crippen molar-refractivity contribution in [1.82, 2.24) is 4.90 Å². The number of hydrogen-bond acceptors (Lipinski definition) is 3. The van der Waals surface area contributed by atoms with Gasteiger partial charge in [0.25, 0.3) is 0 Å². The van der Waals surface area contributed by atoms with Crippen molar-refractivity contribution in [3.8, 4) is 0 Å². The Morgan fingerprint density at radius 3 is 2.55 bits per heavy atom. The SMILES string of the molecule is CCC1CN(CC2CCN(c3cccc(S)c3)CC2)C1. The summed E-state index contributed by atoms with van der Waals surface area (Å²) in [6, 6.07) is 8.55. The Labute approximate surface area is 128 Å². The topological polar surface area (TPSA) is 6.48 Å². The Balaban J connectivity index is 1.45. The first-order valence-electron chi connectivity index (χ1n) is 8.01. The highest BCUT2D eigenvalue weighted by Gasteiger charge is 2.28. The van der Waals surface area contributed by atoms with Crippen LogP contribution in [0.25, 0.3) is 0 Å². The molecule has 2 aliphatic rings. The third-order valence-electron chi connectivity index (χ3n) is 4.94. The highest BCUT2D eigenvalue weighted by atomic mass is 32.1. The van der Waals surface area contributed by atoms with Gasteiger partial charge in [0.05, 0.1) is 0 Å². The van der Waals surface area contributed by atoms with Crippen molar-refractivity contribution >= 4 is 18.3 Å². The maximum Gasteiger partial charge on any atom is 0.0377 e. The van der Waals surface area contributed by atoms with E-state index < -0.39 is 0 Å². The maximum atomic E-state index is 4.44. The van der Waals surface area contributed by atoms with Crippen LogP contribution >= 0.6 is 12.6 Å². The van der Waals surface area contributed by atoms with Gasteiger partial charge in [-0.05, 0) is 42.9 Å². The molecule has 0 N–H and O–H groups in total. The molecule has 0 bridgehead atoms. The summed E-state index contributed by atoms with van der Waals surface area (Å²) in [5.41, 5.74) is 1.34. The molecule has 2 fully saturated rings. The maximum absolute atomic E-state index is 4.44. The van der Waals surface area contributed by atoms with E-state index >= 15 is 0 Å². The molecule has 3 rings (SSSR count). The second-order valence-electron chi connectivity index (χ2n) is 6.44. The molecule has 3 heteroatoms. The number of rotatable bonds is 4. The van der Waals surface area contributed by atoms with Crippen LogP contribution in [0.3, 0.4) is 0 Å². The van der Waals surface area contributed by atoms with E-state index in [9.17, 15) is 0 Å². The fourth-order valence-corrected chi connectivity index (χ4v) is 3.73. The second-order valence-corrected chi connectivity index (χ2v) is 6.96. The summed E-state index contributed by atoms with van der Waals surface area (Å²) in [6.45, 7) is 8.74. The number of nitrogens with zero attached hydrogens (tertiary/aromatic N) is 2. The summed E-state index contributed by atoms with van der Waals surface area (Å²) in [5, 5.41) is 0. The Bertz CT molecular complexity index is 434. The van der Waals surface area contributed by atoms with E-state index in [0.29, 0.717) is 0 Å². The molecule has 1 aromatic carbocycles. The molecule has 2 nitrogen and oxygen atoms in total. The minimum Gasteiger partial charge on any atom is -0.371 e. The number of benzene rings is 1. The van der Waals surface area contributed by atoms with Crippen molar-refractivity contribution in [1.29, 1.82) is 0 Å². The highest BCUT2D eigenvalue weighted by Crippen LogP contribution is 2.27. The van der Waals surface area contributed by atoms with Crippen LogP contribution in [0, 0.1) is 11.8 Å². The van der Waals surface area contributed by atoms with Crippen molar-refractivity contribution in [3.63, 3.8) is 0 Å². The highest BCUT2D eigenvalue weighted by molar-refractivity contribution is 7.80. The molecule has 0 spiro atoms. The van der Waals surface area contributed by atoms with Crippen LogP contribution in [0.1, 0.15) is 26.2 Å². The molecule has 2 aliphatic heterocycles. The third-order valence-corrected chi connectivity index (χ3v) is 5.21. The molecule has 1 aromatic rings. The van der Waals surface area contributed by atoms with Gasteiger partial charge in [-0.25, -0.2) is 0 Å². The number of likely N-dealkylation sites (tertiary alicyclic amines) is 1. The van der Waals surface area contributed by atoms with Gasteiger partial charge < -0.3 is 9.80 Å². The summed E-state index contributed by atoms with van der Waals surface area (Å²) in [7, 11) is 0. The van der Waals surface area contributed by atoms with Crippen molar-refractivity contribution in [2.75, 3.05) is 37.6 Å². The summed E-state index contributed by atoms with van der Waals surface area (Å²) >= 11 is 4.44. The fourth-order valence-electron chi connectivity index (χ4n) is 3.51. The molecule has 0 amide bonds. The van der Waals surface area contributed by atoms with Crippen molar-refractivity contribution in [2.24, 2.45) is 11.8 Å². The van der Waals surface area contributed by atoms with E-state index in [0.717, 1.165) is 16.7 Å². The van der Waals surface area contributed by atoms with E-state index in [-0.39, 0.29) is 0 Å². The molecule has 2 saturated heterocycles. The predicted octanol–water partition coefficient (Wildman–Crippen LogP) is 3.53. The van der Waals surface area contributed by atoms with E-state index in [4.69, 9.17) is 0 Å². The van der Waals surface area contributed by atoms with Gasteiger partial charge in [0.15, 0.2) is 0 Å². The van der Waals surface area contributed by atoms with Gasteiger partial charge in [0.1, 0.15) is 0 Å². The lowest BCUT2D eigenvalue weighted by Crippen LogP contribution is -2.49. The average Bonchev–Trinajstić information content (AvgIpc) is 2.43. The number of anilines is 1. The molecular weight excluding hydrogens is 264 g/mol. The Morgan fingerprint density at radius 2 is 1.90 bits per heavy atom. The molecule has 2 heterocycles. The minimum atomic E-state index is 0.906. The standard InChI is InChI=1S/C17H26N2S/c1-2-14-11-18(12-14)13-15-6-8-19(9-7-15)16-4-3-5-17(20)10-16/h3-5,10,14-15,20H,2,6-9,11-13H2,1H3. The number of piperidine rings is 1. The average molecular weight is 290 g/mol. The van der Waals surface area contributed by atoms with Crippen LogP contribution in [0.15, 0.2) is 29.2 Å². The molecule has 0 aliphatic carbocycles. The van der Waals surface area contributed by atoms with E-state index in [1.807, 2.05) is 6.07 Å². The molecule has 0 atom stereocenters. The van der Waals surface area contributed by atoms with Crippen LogP contribution in [0.5, 0.6) is 0 Å². The summed E-state index contributed by atoms with van der Waals surface area (Å²) in [5.74, 6) is 1.89. The van der Waals surface area contributed by atoms with Crippen LogP contribution in [-0.2, 0) is 0 Å². The Hall–Kier alpha value is -0.670. The summed E-state index contributed by atoms with van der Waals surface area (Å²) < 4.78 is 0. The summed E-state index contributed by atoms with van der Waals surface area (Å²) in [4.78, 5) is 6.24. The molecule has 0 aromatic heterocycles. The first-order valence-corrected chi connectivity index (χ1v) is 8.45. The predicted molar refractivity (Wildman–Crippen MR) is 88.9 cm³/mol. The van der Waals surface area contributed by atoms with Gasteiger partial charge in [0, 0.05) is 43.3 Å². The van der Waals surface area contributed by atoms with Crippen molar-refractivity contribution < 1.29 is 0 Å². The quantitative estimate of drug-likeness (QED) is 0.848. The molecule has 0 unspecified atom stereocenters. The van der Waals surface area contributed by atoms with Crippen molar-refractivity contribution in [2.45, 2.75) is 31.1 Å². The first kappa shape index (κ1) is 14.3. The van der Waals surface area contributed by atoms with Gasteiger partial charge >= 0.3 is 0 Å². The Morgan fingerprint density at radius 1 is 1.15 bits per heavy atom. The monoisotopic (exact) mass is 290 g/mol. The fraction of sp³-hybridized carbons (Fsp3) is 0.647. The van der Waals surface area contributed by atoms with Gasteiger partial charge in [-0.1, -0.05) is 19.4 Å². The zero-order valence-corrected chi connectivity index (χ0v) is 13.4. The third kappa shape index (κ3) is 3.32. The molecule has 0 radical (unpaired) electrons. The van der Waals surface area contributed by atoms with Crippen LogP contribution in [0.2, 0.25) is 0 Å². The van der Waals surface area contributed by atoms with E-state index in [1.165, 1.54) is 57.7 Å². The van der Waals surface area contributed by atoms with Crippen molar-refractivity contribution in [3.05, 3.63) is 24.3 Å². The second kappa shape index (κ2) is 6.40. The Kier molecular flexibility index (Phi) is 4.57. The zero-order chi connectivity index (χ0) is 13.9. The minimum absolute atomic E-state index is 0.906. The van der Waals surface area contributed by atoms with Crippen LogP contribution < -0.4 is 4.90 Å². The van der Waals surface area contributed by atoms with Gasteiger partial charge in [-0.15, -0.1) is 12.6 Å². The van der Waals surface area contributed by atoms with Gasteiger partial charge in [-0.3, -0.25) is 0 Å². The van der Waals surface area contributed by atoms with Gasteiger partial charge in [0.2, 0.25) is 0 Å². The number of hydrogen-bond donors (Lipinski definition) is 1. The smallest absolute Gasteiger partial charge is 0.0377 e. The van der Waals surface area contributed by atoms with Gasteiger partial charge in [-0.2, -0.15) is 0 Å². The van der Waals surface area contributed by atoms with E-state index in [2.05, 4.69) is 47.6 Å². The molecule has 0 saturated carbocycles. The summed E-state index contributed by atoms with van der Waals surface area (Å²) in [6.07, 6.45) is 4.03. The zero-order valence-electron chi connectivity index (χ0n) is 12.5. The molecule has 110 valence electrons. The lowest BCUT2D eigenvalue weighted by atomic mass is 9.91. The van der Waals surface area contributed by atoms with E-state index in [1.54, 1.807) is 0 Å². The normalized spacial score (nSPS) is 22.0. The molecule has 20 heavy (non-hydrogen) atoms. The lowest BCUT2D eigenvalue weighted by Gasteiger charge is -2.43.